The quantitative estimate of drug-likeness (QED) is 0.772. The molecule has 0 spiro atoms. The molecular weight excluding hydrogens is 244 g/mol. The van der Waals surface area contributed by atoms with E-state index in [0.717, 1.165) is 0 Å². The summed E-state index contributed by atoms with van der Waals surface area (Å²) in [5.74, 6) is 0. The molecular formula is C10H10N2O4S. The molecule has 2 aromatic rings. The van der Waals surface area contributed by atoms with Crippen molar-refractivity contribution < 1.29 is 13.0 Å². The van der Waals surface area contributed by atoms with Crippen LogP contribution in [-0.4, -0.2) is 22.8 Å². The monoisotopic (exact) mass is 254 g/mol. The van der Waals surface area contributed by atoms with E-state index in [1.165, 1.54) is 28.9 Å². The summed E-state index contributed by atoms with van der Waals surface area (Å²) in [7, 11) is -4.33. The van der Waals surface area contributed by atoms with E-state index >= 15 is 0 Å². The molecule has 6 nitrogen and oxygen atoms in total. The van der Waals surface area contributed by atoms with Gasteiger partial charge in [0.15, 0.2) is 0 Å². The van der Waals surface area contributed by atoms with Crippen LogP contribution in [0.5, 0.6) is 0 Å². The Balaban J connectivity index is 2.77. The van der Waals surface area contributed by atoms with E-state index in [4.69, 9.17) is 4.55 Å². The molecule has 90 valence electrons. The van der Waals surface area contributed by atoms with Gasteiger partial charge >= 0.3 is 0 Å². The highest BCUT2D eigenvalue weighted by atomic mass is 32.2. The summed E-state index contributed by atoms with van der Waals surface area (Å²) >= 11 is 0. The van der Waals surface area contributed by atoms with Crippen LogP contribution < -0.4 is 5.56 Å². The number of nitrogens with one attached hydrogen (secondary N) is 1. The molecule has 17 heavy (non-hydrogen) atoms. The number of benzene rings is 1. The van der Waals surface area contributed by atoms with Crippen molar-refractivity contribution in [2.24, 2.45) is 0 Å². The van der Waals surface area contributed by atoms with Gasteiger partial charge in [0.2, 0.25) is 0 Å². The third-order valence-corrected chi connectivity index (χ3v) is 3.20. The van der Waals surface area contributed by atoms with Crippen LogP contribution in [0.4, 0.5) is 0 Å². The van der Waals surface area contributed by atoms with Gasteiger partial charge < -0.3 is 0 Å². The predicted octanol–water partition coefficient (Wildman–Crippen LogP) is 0.721. The molecule has 0 fully saturated rings. The van der Waals surface area contributed by atoms with Crippen LogP contribution in [-0.2, 0) is 10.1 Å². The van der Waals surface area contributed by atoms with Gasteiger partial charge in [0, 0.05) is 11.8 Å². The lowest BCUT2D eigenvalue weighted by Crippen LogP contribution is -2.09. The third-order valence-electron chi connectivity index (χ3n) is 2.30. The summed E-state index contributed by atoms with van der Waals surface area (Å²) in [5.41, 5.74) is 0.411. The highest BCUT2D eigenvalue weighted by molar-refractivity contribution is 7.86. The summed E-state index contributed by atoms with van der Waals surface area (Å²) in [6, 6.07) is 7.19. The Morgan fingerprint density at radius 2 is 1.94 bits per heavy atom. The number of aryl methyl sites for hydroxylation is 1. The van der Waals surface area contributed by atoms with Gasteiger partial charge in [-0.3, -0.25) is 19.1 Å². The molecule has 1 heterocycles. The van der Waals surface area contributed by atoms with Gasteiger partial charge in [-0.1, -0.05) is 12.1 Å². The number of H-pyrrole nitrogens is 1. The second-order valence-corrected chi connectivity index (χ2v) is 4.93. The Labute approximate surface area is 97.3 Å². The highest BCUT2D eigenvalue weighted by Gasteiger charge is 2.17. The number of para-hydroxylation sites is 1. The van der Waals surface area contributed by atoms with E-state index in [1.54, 1.807) is 13.0 Å². The van der Waals surface area contributed by atoms with Crippen molar-refractivity contribution in [3.63, 3.8) is 0 Å². The van der Waals surface area contributed by atoms with Crippen molar-refractivity contribution in [1.82, 2.24) is 9.78 Å². The van der Waals surface area contributed by atoms with Gasteiger partial charge in [-0.15, -0.1) is 0 Å². The van der Waals surface area contributed by atoms with Crippen molar-refractivity contribution in [3.8, 4) is 5.69 Å². The zero-order chi connectivity index (χ0) is 12.6. The molecule has 7 heteroatoms. The Morgan fingerprint density at radius 1 is 1.29 bits per heavy atom. The van der Waals surface area contributed by atoms with Crippen molar-refractivity contribution in [3.05, 3.63) is 46.4 Å². The number of nitrogens with zero attached hydrogens (tertiary/aromatic N) is 1. The minimum atomic E-state index is -4.33. The largest absolute Gasteiger partial charge is 0.296 e. The molecule has 0 saturated heterocycles. The zero-order valence-electron chi connectivity index (χ0n) is 8.91. The van der Waals surface area contributed by atoms with E-state index in [-0.39, 0.29) is 16.1 Å². The second kappa shape index (κ2) is 3.86. The fourth-order valence-corrected chi connectivity index (χ4v) is 2.27. The van der Waals surface area contributed by atoms with Gasteiger partial charge in [-0.05, 0) is 19.1 Å². The summed E-state index contributed by atoms with van der Waals surface area (Å²) in [5, 5.41) is 2.46. The highest BCUT2D eigenvalue weighted by Crippen LogP contribution is 2.19. The molecule has 1 aromatic heterocycles. The molecule has 0 aliphatic carbocycles. The fraction of sp³-hybridized carbons (Fsp3) is 0.100. The number of aromatic nitrogens is 2. The predicted molar refractivity (Wildman–Crippen MR) is 60.9 cm³/mol. The summed E-state index contributed by atoms with van der Waals surface area (Å²) in [6.45, 7) is 1.65. The first-order valence-electron chi connectivity index (χ1n) is 4.75. The van der Waals surface area contributed by atoms with E-state index in [2.05, 4.69) is 5.10 Å². The maximum Gasteiger partial charge on any atom is 0.296 e. The van der Waals surface area contributed by atoms with Gasteiger partial charge in [0.25, 0.3) is 15.7 Å². The maximum absolute atomic E-state index is 11.2. The molecule has 0 aliphatic heterocycles. The molecule has 0 unspecified atom stereocenters. The minimum absolute atomic E-state index is 0.203. The lowest BCUT2D eigenvalue weighted by molar-refractivity contribution is 0.482. The molecule has 0 amide bonds. The molecule has 0 radical (unpaired) electrons. The SMILES string of the molecule is Cc1cc(=O)[nH]n1-c1ccccc1S(=O)(=O)O. The first kappa shape index (κ1) is 11.6. The lowest BCUT2D eigenvalue weighted by atomic mass is 10.3. The van der Waals surface area contributed by atoms with Crippen LogP contribution in [0, 0.1) is 6.92 Å². The van der Waals surface area contributed by atoms with E-state index in [1.807, 2.05) is 0 Å². The van der Waals surface area contributed by atoms with Gasteiger partial charge in [0.05, 0.1) is 5.69 Å². The number of aromatic amines is 1. The molecule has 2 rings (SSSR count). The molecule has 0 bridgehead atoms. The van der Waals surface area contributed by atoms with Crippen molar-refractivity contribution in [1.29, 1.82) is 0 Å². The Bertz CT molecular complexity index is 712. The topological polar surface area (TPSA) is 92.2 Å². The molecule has 1 aromatic carbocycles. The maximum atomic E-state index is 11.2. The summed E-state index contributed by atoms with van der Waals surface area (Å²) in [6.07, 6.45) is 0. The molecule has 0 saturated carbocycles. The van der Waals surface area contributed by atoms with Crippen molar-refractivity contribution >= 4 is 10.1 Å². The van der Waals surface area contributed by atoms with Crippen molar-refractivity contribution in [2.75, 3.05) is 0 Å². The normalized spacial score (nSPS) is 11.6. The first-order valence-corrected chi connectivity index (χ1v) is 6.19. The minimum Gasteiger partial charge on any atom is -0.282 e. The van der Waals surface area contributed by atoms with Crippen LogP contribution in [0.15, 0.2) is 40.0 Å². The Hall–Kier alpha value is -1.86. The zero-order valence-corrected chi connectivity index (χ0v) is 9.73. The van der Waals surface area contributed by atoms with Crippen LogP contribution >= 0.6 is 0 Å². The lowest BCUT2D eigenvalue weighted by Gasteiger charge is -2.09. The molecule has 0 atom stereocenters. The van der Waals surface area contributed by atoms with Gasteiger partial charge in [-0.25, -0.2) is 0 Å². The summed E-state index contributed by atoms with van der Waals surface area (Å²) in [4.78, 5) is 10.9. The van der Waals surface area contributed by atoms with Crippen LogP contribution in [0.3, 0.4) is 0 Å². The molecule has 2 N–H and O–H groups in total. The third kappa shape index (κ3) is 2.15. The fourth-order valence-electron chi connectivity index (χ4n) is 1.60. The first-order chi connectivity index (χ1) is 7.89. The van der Waals surface area contributed by atoms with Crippen LogP contribution in [0.1, 0.15) is 5.69 Å². The summed E-state index contributed by atoms with van der Waals surface area (Å²) < 4.78 is 32.8. The number of hydrogen-bond acceptors (Lipinski definition) is 3. The van der Waals surface area contributed by atoms with Gasteiger partial charge in [0.1, 0.15) is 4.90 Å². The van der Waals surface area contributed by atoms with Crippen LogP contribution in [0.2, 0.25) is 0 Å². The smallest absolute Gasteiger partial charge is 0.282 e. The van der Waals surface area contributed by atoms with Gasteiger partial charge in [-0.2, -0.15) is 8.42 Å². The van der Waals surface area contributed by atoms with E-state index < -0.39 is 10.1 Å². The number of rotatable bonds is 2. The van der Waals surface area contributed by atoms with Crippen molar-refractivity contribution in [2.45, 2.75) is 11.8 Å². The Morgan fingerprint density at radius 3 is 2.47 bits per heavy atom. The average molecular weight is 254 g/mol. The Kier molecular flexibility index (Phi) is 2.64. The van der Waals surface area contributed by atoms with Crippen LogP contribution in [0.25, 0.3) is 5.69 Å². The van der Waals surface area contributed by atoms with E-state index in [0.29, 0.717) is 5.69 Å². The van der Waals surface area contributed by atoms with E-state index in [9.17, 15) is 13.2 Å². The molecule has 0 aliphatic rings. The second-order valence-electron chi connectivity index (χ2n) is 3.54. The standard InChI is InChI=1S/C10H10N2O4S/c1-7-6-10(13)11-12(7)8-4-2-3-5-9(8)17(14,15)16/h2-6H,1H3,(H,11,13)(H,14,15,16). The number of hydrogen-bond donors (Lipinski definition) is 2. The average Bonchev–Trinajstić information content (AvgIpc) is 2.56.